The number of amides is 2. The zero-order valence-electron chi connectivity index (χ0n) is 27.7. The Morgan fingerprint density at radius 1 is 0.878 bits per heavy atom. The van der Waals surface area contributed by atoms with Crippen molar-refractivity contribution < 1.29 is 27.5 Å². The van der Waals surface area contributed by atoms with E-state index in [0.29, 0.717) is 36.1 Å². The Morgan fingerprint density at radius 3 is 2.20 bits per heavy atom. The standard InChI is InChI=1S/C38H38F3N5O3/c1-4-5-26-6-8-27(9-7-26)25-45-18-20-46(21-19-45)37(48)34-22-29-12-16-32(23-33(29)44(34)3)49-35-17-15-31(24-42-35)43(2)36(47)28-10-13-30(14-11-28)38(39,40)41/h6-17,22-24H,4-5,18-21,25H2,1-3H3. The highest BCUT2D eigenvalue weighted by molar-refractivity contribution is 6.05. The number of hydrogen-bond acceptors (Lipinski definition) is 5. The zero-order chi connectivity index (χ0) is 34.7. The molecule has 1 aliphatic rings. The normalized spacial score (nSPS) is 13.9. The fourth-order valence-corrected chi connectivity index (χ4v) is 6.07. The monoisotopic (exact) mass is 669 g/mol. The molecule has 1 aliphatic heterocycles. The van der Waals surface area contributed by atoms with Crippen molar-refractivity contribution in [2.75, 3.05) is 38.1 Å². The van der Waals surface area contributed by atoms with Crippen LogP contribution < -0.4 is 9.64 Å². The van der Waals surface area contributed by atoms with Crippen LogP contribution in [0.15, 0.2) is 91.1 Å². The molecule has 2 amide bonds. The fourth-order valence-electron chi connectivity index (χ4n) is 6.07. The largest absolute Gasteiger partial charge is 0.439 e. The Kier molecular flexibility index (Phi) is 9.73. The summed E-state index contributed by atoms with van der Waals surface area (Å²) in [7, 11) is 3.39. The minimum absolute atomic E-state index is 0.00282. The van der Waals surface area contributed by atoms with Crippen molar-refractivity contribution in [3.8, 4) is 11.6 Å². The van der Waals surface area contributed by atoms with Gasteiger partial charge in [0.25, 0.3) is 11.8 Å². The molecule has 49 heavy (non-hydrogen) atoms. The SMILES string of the molecule is CCCc1ccc(CN2CCN(C(=O)c3cc4ccc(Oc5ccc(N(C)C(=O)c6ccc(C(F)(F)F)cc6)cn5)cc4n3C)CC2)cc1. The van der Waals surface area contributed by atoms with E-state index in [1.807, 2.05) is 34.7 Å². The van der Waals surface area contributed by atoms with Gasteiger partial charge in [-0.2, -0.15) is 13.2 Å². The van der Waals surface area contributed by atoms with Gasteiger partial charge in [0.2, 0.25) is 5.88 Å². The third kappa shape index (κ3) is 7.62. The van der Waals surface area contributed by atoms with E-state index >= 15 is 0 Å². The van der Waals surface area contributed by atoms with Crippen molar-refractivity contribution in [2.45, 2.75) is 32.5 Å². The molecule has 1 saturated heterocycles. The number of aryl methyl sites for hydroxylation is 2. The van der Waals surface area contributed by atoms with Gasteiger partial charge in [-0.05, 0) is 66.1 Å². The summed E-state index contributed by atoms with van der Waals surface area (Å²) in [6.07, 6.45) is -0.787. The number of benzene rings is 3. The molecule has 8 nitrogen and oxygen atoms in total. The van der Waals surface area contributed by atoms with Crippen LogP contribution in [-0.2, 0) is 26.2 Å². The van der Waals surface area contributed by atoms with E-state index < -0.39 is 17.6 Å². The molecule has 0 radical (unpaired) electrons. The van der Waals surface area contributed by atoms with E-state index in [4.69, 9.17) is 4.74 Å². The van der Waals surface area contributed by atoms with Gasteiger partial charge in [0, 0.05) is 69.9 Å². The number of alkyl halides is 3. The van der Waals surface area contributed by atoms with Crippen molar-refractivity contribution in [2.24, 2.45) is 7.05 Å². The predicted molar refractivity (Wildman–Crippen MR) is 183 cm³/mol. The van der Waals surface area contributed by atoms with Crippen LogP contribution >= 0.6 is 0 Å². The van der Waals surface area contributed by atoms with Crippen LogP contribution in [0.3, 0.4) is 0 Å². The second kappa shape index (κ2) is 14.1. The summed E-state index contributed by atoms with van der Waals surface area (Å²) in [5.41, 5.74) is 3.84. The lowest BCUT2D eigenvalue weighted by molar-refractivity contribution is -0.137. The first-order valence-corrected chi connectivity index (χ1v) is 16.3. The van der Waals surface area contributed by atoms with Crippen LogP contribution in [0.25, 0.3) is 10.9 Å². The first-order chi connectivity index (χ1) is 23.5. The third-order valence-electron chi connectivity index (χ3n) is 8.96. The molecule has 0 bridgehead atoms. The van der Waals surface area contributed by atoms with Crippen molar-refractivity contribution in [1.29, 1.82) is 0 Å². The lowest BCUT2D eigenvalue weighted by Crippen LogP contribution is -2.48. The molecule has 0 unspecified atom stereocenters. The number of fused-ring (bicyclic) bond motifs is 1. The maximum atomic E-state index is 13.6. The number of pyridine rings is 1. The van der Waals surface area contributed by atoms with Crippen LogP contribution in [0, 0.1) is 0 Å². The molecular weight excluding hydrogens is 631 g/mol. The van der Waals surface area contributed by atoms with Crippen LogP contribution in [-0.4, -0.2) is 64.4 Å². The average Bonchev–Trinajstić information content (AvgIpc) is 3.44. The van der Waals surface area contributed by atoms with Crippen molar-refractivity contribution >= 4 is 28.4 Å². The van der Waals surface area contributed by atoms with E-state index in [2.05, 4.69) is 41.1 Å². The number of aromatic nitrogens is 2. The Labute approximate surface area is 283 Å². The second-order valence-electron chi connectivity index (χ2n) is 12.3. The van der Waals surface area contributed by atoms with Crippen molar-refractivity contribution in [1.82, 2.24) is 19.4 Å². The molecule has 0 aliphatic carbocycles. The van der Waals surface area contributed by atoms with Crippen LogP contribution in [0.2, 0.25) is 0 Å². The third-order valence-corrected chi connectivity index (χ3v) is 8.96. The summed E-state index contributed by atoms with van der Waals surface area (Å²) in [6.45, 7) is 6.02. The molecule has 0 N–H and O–H groups in total. The lowest BCUT2D eigenvalue weighted by atomic mass is 10.1. The number of rotatable bonds is 9. The van der Waals surface area contributed by atoms with Gasteiger partial charge in [0.1, 0.15) is 11.4 Å². The van der Waals surface area contributed by atoms with Gasteiger partial charge < -0.3 is 19.1 Å². The van der Waals surface area contributed by atoms with E-state index in [1.165, 1.54) is 29.3 Å². The number of anilines is 1. The molecule has 0 saturated carbocycles. The summed E-state index contributed by atoms with van der Waals surface area (Å²) in [4.78, 5) is 36.4. The minimum Gasteiger partial charge on any atom is -0.439 e. The number of piperazine rings is 1. The minimum atomic E-state index is -4.48. The first-order valence-electron chi connectivity index (χ1n) is 16.3. The molecule has 0 atom stereocenters. The predicted octanol–water partition coefficient (Wildman–Crippen LogP) is 7.57. The van der Waals surface area contributed by atoms with Crippen molar-refractivity contribution in [3.05, 3.63) is 119 Å². The number of halogens is 3. The summed E-state index contributed by atoms with van der Waals surface area (Å²) in [5, 5.41) is 0.912. The van der Waals surface area contributed by atoms with E-state index in [9.17, 15) is 22.8 Å². The topological polar surface area (TPSA) is 70.9 Å². The number of hydrogen-bond donors (Lipinski definition) is 0. The molecule has 1 fully saturated rings. The van der Waals surface area contributed by atoms with E-state index in [1.54, 1.807) is 18.2 Å². The smallest absolute Gasteiger partial charge is 0.416 e. The number of nitrogens with zero attached hydrogens (tertiary/aromatic N) is 5. The molecule has 3 aromatic carbocycles. The molecule has 6 rings (SSSR count). The van der Waals surface area contributed by atoms with E-state index in [0.717, 1.165) is 67.6 Å². The van der Waals surface area contributed by atoms with Crippen molar-refractivity contribution in [3.63, 3.8) is 0 Å². The van der Waals surface area contributed by atoms with Gasteiger partial charge in [0.05, 0.1) is 23.0 Å². The van der Waals surface area contributed by atoms with Crippen LogP contribution in [0.4, 0.5) is 18.9 Å². The van der Waals surface area contributed by atoms with Gasteiger partial charge in [-0.3, -0.25) is 14.5 Å². The Bertz CT molecular complexity index is 1930. The van der Waals surface area contributed by atoms with Crippen LogP contribution in [0.1, 0.15) is 50.9 Å². The molecule has 2 aromatic heterocycles. The van der Waals surface area contributed by atoms with E-state index in [-0.39, 0.29) is 11.5 Å². The molecular formula is C38H38F3N5O3. The Balaban J connectivity index is 1.06. The highest BCUT2D eigenvalue weighted by Crippen LogP contribution is 2.30. The molecule has 11 heteroatoms. The Morgan fingerprint density at radius 2 is 1.57 bits per heavy atom. The highest BCUT2D eigenvalue weighted by Gasteiger charge is 2.30. The van der Waals surface area contributed by atoms with Gasteiger partial charge in [0.15, 0.2) is 0 Å². The summed E-state index contributed by atoms with van der Waals surface area (Å²) >= 11 is 0. The van der Waals surface area contributed by atoms with Gasteiger partial charge in [-0.1, -0.05) is 37.6 Å². The van der Waals surface area contributed by atoms with Crippen LogP contribution in [0.5, 0.6) is 11.6 Å². The summed E-state index contributed by atoms with van der Waals surface area (Å²) in [5.74, 6) is 0.341. The molecule has 3 heterocycles. The maximum Gasteiger partial charge on any atom is 0.416 e. The van der Waals surface area contributed by atoms with Gasteiger partial charge in [-0.15, -0.1) is 0 Å². The maximum absolute atomic E-state index is 13.6. The quantitative estimate of drug-likeness (QED) is 0.162. The zero-order valence-corrected chi connectivity index (χ0v) is 27.7. The molecule has 0 spiro atoms. The summed E-state index contributed by atoms with van der Waals surface area (Å²) in [6, 6.07) is 23.6. The second-order valence-corrected chi connectivity index (χ2v) is 12.3. The lowest BCUT2D eigenvalue weighted by Gasteiger charge is -2.34. The molecule has 5 aromatic rings. The average molecular weight is 670 g/mol. The first kappa shape index (κ1) is 33.7. The van der Waals surface area contributed by atoms with Gasteiger partial charge in [-0.25, -0.2) is 4.98 Å². The number of carbonyl (C=O) groups is 2. The fraction of sp³-hybridized carbons (Fsp3) is 0.289. The van der Waals surface area contributed by atoms with Gasteiger partial charge >= 0.3 is 6.18 Å². The highest BCUT2D eigenvalue weighted by atomic mass is 19.4. The number of ether oxygens (including phenoxy) is 1. The Hall–Kier alpha value is -5.16. The molecule has 254 valence electrons. The number of carbonyl (C=O) groups excluding carboxylic acids is 2. The summed E-state index contributed by atoms with van der Waals surface area (Å²) < 4.78 is 46.5.